The van der Waals surface area contributed by atoms with Crippen LogP contribution >= 0.6 is 0 Å². The van der Waals surface area contributed by atoms with Crippen molar-refractivity contribution in [3.05, 3.63) is 0 Å². The lowest BCUT2D eigenvalue weighted by atomic mass is 9.88. The highest BCUT2D eigenvalue weighted by atomic mass is 16.5. The van der Waals surface area contributed by atoms with E-state index in [1.54, 1.807) is 0 Å². The number of hydrogen-bond donors (Lipinski definition) is 1. The van der Waals surface area contributed by atoms with Gasteiger partial charge in [0, 0.05) is 6.61 Å². The van der Waals surface area contributed by atoms with Gasteiger partial charge in [-0.1, -0.05) is 32.6 Å². The smallest absolute Gasteiger partial charge is 0.0518 e. The van der Waals surface area contributed by atoms with Crippen molar-refractivity contribution in [2.75, 3.05) is 19.7 Å². The van der Waals surface area contributed by atoms with Gasteiger partial charge in [-0.2, -0.15) is 0 Å². The van der Waals surface area contributed by atoms with E-state index in [-0.39, 0.29) is 0 Å². The maximum absolute atomic E-state index is 5.68. The summed E-state index contributed by atoms with van der Waals surface area (Å²) < 4.78 is 5.68. The lowest BCUT2D eigenvalue weighted by Gasteiger charge is -2.24. The topological polar surface area (TPSA) is 21.3 Å². The van der Waals surface area contributed by atoms with Gasteiger partial charge in [-0.05, 0) is 45.2 Å². The van der Waals surface area contributed by atoms with Gasteiger partial charge in [0.1, 0.15) is 0 Å². The minimum Gasteiger partial charge on any atom is -0.379 e. The van der Waals surface area contributed by atoms with Crippen LogP contribution < -0.4 is 5.32 Å². The molecule has 16 heavy (non-hydrogen) atoms. The average molecular weight is 227 g/mol. The van der Waals surface area contributed by atoms with Crippen molar-refractivity contribution in [2.24, 2.45) is 11.8 Å². The molecule has 1 atom stereocenters. The molecule has 0 heterocycles. The van der Waals surface area contributed by atoms with E-state index >= 15 is 0 Å². The van der Waals surface area contributed by atoms with Gasteiger partial charge in [-0.25, -0.2) is 0 Å². The Balaban J connectivity index is 2.25. The zero-order valence-corrected chi connectivity index (χ0v) is 11.3. The third-order valence-electron chi connectivity index (χ3n) is 3.66. The fourth-order valence-electron chi connectivity index (χ4n) is 2.72. The van der Waals surface area contributed by atoms with Gasteiger partial charge in [0.15, 0.2) is 0 Å². The third-order valence-corrected chi connectivity index (χ3v) is 3.66. The quantitative estimate of drug-likeness (QED) is 0.687. The van der Waals surface area contributed by atoms with E-state index in [9.17, 15) is 0 Å². The molecule has 0 spiro atoms. The summed E-state index contributed by atoms with van der Waals surface area (Å²) in [6.07, 6.45) is 7.38. The maximum atomic E-state index is 5.68. The minimum atomic E-state index is 0.378. The molecule has 0 aromatic heterocycles. The van der Waals surface area contributed by atoms with Crippen LogP contribution in [0.2, 0.25) is 0 Å². The van der Waals surface area contributed by atoms with Crippen LogP contribution in [-0.4, -0.2) is 25.8 Å². The van der Waals surface area contributed by atoms with E-state index in [1.807, 2.05) is 0 Å². The summed E-state index contributed by atoms with van der Waals surface area (Å²) in [5.74, 6) is 1.79. The summed E-state index contributed by atoms with van der Waals surface area (Å²) in [4.78, 5) is 0. The van der Waals surface area contributed by atoms with Crippen molar-refractivity contribution in [1.29, 1.82) is 0 Å². The van der Waals surface area contributed by atoms with Gasteiger partial charge in [-0.3, -0.25) is 0 Å². The molecular formula is C14H29NO. The predicted octanol–water partition coefficient (Wildman–Crippen LogP) is 3.22. The lowest BCUT2D eigenvalue weighted by molar-refractivity contribution is 0.0624. The Morgan fingerprint density at radius 2 is 1.94 bits per heavy atom. The van der Waals surface area contributed by atoms with Gasteiger partial charge in [0.2, 0.25) is 0 Å². The van der Waals surface area contributed by atoms with Gasteiger partial charge in [-0.15, -0.1) is 0 Å². The van der Waals surface area contributed by atoms with Crippen LogP contribution in [0.5, 0.6) is 0 Å². The summed E-state index contributed by atoms with van der Waals surface area (Å²) in [5, 5.41) is 3.51. The van der Waals surface area contributed by atoms with E-state index in [2.05, 4.69) is 26.1 Å². The first-order valence-electron chi connectivity index (χ1n) is 7.06. The van der Waals surface area contributed by atoms with Crippen molar-refractivity contribution in [2.45, 2.75) is 59.0 Å². The highest BCUT2D eigenvalue weighted by Crippen LogP contribution is 2.32. The van der Waals surface area contributed by atoms with Crippen LogP contribution in [-0.2, 0) is 4.74 Å². The maximum Gasteiger partial charge on any atom is 0.0518 e. The Kier molecular flexibility index (Phi) is 7.06. The van der Waals surface area contributed by atoms with E-state index in [0.717, 1.165) is 25.0 Å². The monoisotopic (exact) mass is 227 g/mol. The molecule has 0 radical (unpaired) electrons. The minimum absolute atomic E-state index is 0.378. The van der Waals surface area contributed by atoms with Crippen molar-refractivity contribution < 1.29 is 4.74 Å². The molecule has 0 saturated heterocycles. The standard InChI is InChI=1S/C14H29NO/c1-4-15-11-14(9-10-16-12(2)3)13-7-5-6-8-13/h12-15H,4-11H2,1-3H3. The van der Waals surface area contributed by atoms with Gasteiger partial charge in [0.25, 0.3) is 0 Å². The number of hydrogen-bond acceptors (Lipinski definition) is 2. The van der Waals surface area contributed by atoms with Crippen LogP contribution in [0.1, 0.15) is 52.9 Å². The molecule has 0 aromatic rings. The second-order valence-corrected chi connectivity index (χ2v) is 5.32. The number of rotatable bonds is 8. The SMILES string of the molecule is CCNCC(CCOC(C)C)C1CCCC1. The number of nitrogens with one attached hydrogen (secondary N) is 1. The molecule has 96 valence electrons. The molecule has 1 aliphatic rings. The number of ether oxygens (including phenoxy) is 1. The van der Waals surface area contributed by atoms with E-state index in [4.69, 9.17) is 4.74 Å². The fraction of sp³-hybridized carbons (Fsp3) is 1.00. The molecule has 0 bridgehead atoms. The van der Waals surface area contributed by atoms with Crippen LogP contribution in [0.25, 0.3) is 0 Å². The van der Waals surface area contributed by atoms with Gasteiger partial charge >= 0.3 is 0 Å². The molecule has 1 fully saturated rings. The first-order chi connectivity index (χ1) is 7.74. The second-order valence-electron chi connectivity index (χ2n) is 5.32. The Hall–Kier alpha value is -0.0800. The Morgan fingerprint density at radius 1 is 1.25 bits per heavy atom. The summed E-state index contributed by atoms with van der Waals surface area (Å²) in [7, 11) is 0. The molecule has 2 nitrogen and oxygen atoms in total. The summed E-state index contributed by atoms with van der Waals surface area (Å²) in [5.41, 5.74) is 0. The molecule has 1 aliphatic carbocycles. The fourth-order valence-corrected chi connectivity index (χ4v) is 2.72. The summed E-state index contributed by atoms with van der Waals surface area (Å²) in [6.45, 7) is 9.64. The molecule has 1 rings (SSSR count). The first-order valence-corrected chi connectivity index (χ1v) is 7.06. The van der Waals surface area contributed by atoms with Crippen LogP contribution in [0.3, 0.4) is 0 Å². The lowest BCUT2D eigenvalue weighted by Crippen LogP contribution is -2.28. The van der Waals surface area contributed by atoms with Crippen molar-refractivity contribution in [1.82, 2.24) is 5.32 Å². The van der Waals surface area contributed by atoms with Crippen molar-refractivity contribution >= 4 is 0 Å². The van der Waals surface area contributed by atoms with Gasteiger partial charge in [0.05, 0.1) is 6.10 Å². The summed E-state index contributed by atoms with van der Waals surface area (Å²) >= 11 is 0. The van der Waals surface area contributed by atoms with Gasteiger partial charge < -0.3 is 10.1 Å². The molecule has 1 N–H and O–H groups in total. The molecule has 1 unspecified atom stereocenters. The second kappa shape index (κ2) is 8.08. The molecular weight excluding hydrogens is 198 g/mol. The molecule has 0 amide bonds. The summed E-state index contributed by atoms with van der Waals surface area (Å²) in [6, 6.07) is 0. The van der Waals surface area contributed by atoms with Crippen molar-refractivity contribution in [3.8, 4) is 0 Å². The Labute approximate surface area is 101 Å². The van der Waals surface area contributed by atoms with E-state index < -0.39 is 0 Å². The Morgan fingerprint density at radius 3 is 2.50 bits per heavy atom. The molecule has 1 saturated carbocycles. The highest BCUT2D eigenvalue weighted by Gasteiger charge is 2.24. The highest BCUT2D eigenvalue weighted by molar-refractivity contribution is 4.77. The largest absolute Gasteiger partial charge is 0.379 e. The normalized spacial score (nSPS) is 19.5. The van der Waals surface area contributed by atoms with E-state index in [1.165, 1.54) is 38.6 Å². The van der Waals surface area contributed by atoms with Crippen molar-refractivity contribution in [3.63, 3.8) is 0 Å². The zero-order chi connectivity index (χ0) is 11.8. The predicted molar refractivity (Wildman–Crippen MR) is 69.7 cm³/mol. The molecule has 0 aromatic carbocycles. The zero-order valence-electron chi connectivity index (χ0n) is 11.3. The molecule has 0 aliphatic heterocycles. The van der Waals surface area contributed by atoms with Crippen LogP contribution in [0.4, 0.5) is 0 Å². The Bertz CT molecular complexity index is 164. The van der Waals surface area contributed by atoms with E-state index in [0.29, 0.717) is 6.10 Å². The first kappa shape index (κ1) is 14.0. The molecule has 2 heteroatoms. The third kappa shape index (κ3) is 5.31. The van der Waals surface area contributed by atoms with Crippen LogP contribution in [0, 0.1) is 11.8 Å². The van der Waals surface area contributed by atoms with Crippen LogP contribution in [0.15, 0.2) is 0 Å². The average Bonchev–Trinajstić information content (AvgIpc) is 2.75.